The zero-order chi connectivity index (χ0) is 24.3. The van der Waals surface area contributed by atoms with E-state index in [-0.39, 0.29) is 17.3 Å². The van der Waals surface area contributed by atoms with E-state index in [0.29, 0.717) is 35.3 Å². The predicted molar refractivity (Wildman–Crippen MR) is 134 cm³/mol. The van der Waals surface area contributed by atoms with Crippen molar-refractivity contribution in [1.29, 1.82) is 0 Å². The Kier molecular flexibility index (Phi) is 7.88. The molecule has 1 aromatic carbocycles. The summed E-state index contributed by atoms with van der Waals surface area (Å²) in [6.07, 6.45) is 2.64. The third kappa shape index (κ3) is 5.78. The van der Waals surface area contributed by atoms with E-state index in [0.717, 1.165) is 30.4 Å². The predicted octanol–water partition coefficient (Wildman–Crippen LogP) is 6.49. The first kappa shape index (κ1) is 25.3. The van der Waals surface area contributed by atoms with Crippen LogP contribution in [0.5, 0.6) is 5.75 Å². The second-order valence-electron chi connectivity index (χ2n) is 9.98. The van der Waals surface area contributed by atoms with E-state index in [4.69, 9.17) is 9.47 Å². The number of nitrogens with one attached hydrogen (secondary N) is 1. The summed E-state index contributed by atoms with van der Waals surface area (Å²) in [7, 11) is 0. The van der Waals surface area contributed by atoms with Gasteiger partial charge in [0.05, 0.1) is 12.2 Å². The van der Waals surface area contributed by atoms with E-state index in [1.165, 1.54) is 21.8 Å². The van der Waals surface area contributed by atoms with Crippen molar-refractivity contribution in [3.05, 3.63) is 45.3 Å². The standard InChI is InChI=1S/C27H37NO4S/c1-8-21(32-19-12-10-16(3)17(4)14-19)24(29)28-25-23(26(30)31-9-2)20-13-11-18(27(5,6)7)15-22(20)33-25/h10,12,14,18,21H,8-9,11,13,15H2,1-7H3,(H,28,29). The van der Waals surface area contributed by atoms with Gasteiger partial charge in [-0.2, -0.15) is 0 Å². The molecular formula is C27H37NO4S. The van der Waals surface area contributed by atoms with Crippen molar-refractivity contribution in [3.63, 3.8) is 0 Å². The van der Waals surface area contributed by atoms with E-state index < -0.39 is 6.10 Å². The smallest absolute Gasteiger partial charge is 0.341 e. The van der Waals surface area contributed by atoms with Gasteiger partial charge in [-0.1, -0.05) is 33.8 Å². The number of anilines is 1. The molecule has 1 aliphatic carbocycles. The van der Waals surface area contributed by atoms with Gasteiger partial charge in [-0.15, -0.1) is 11.3 Å². The Morgan fingerprint density at radius 1 is 1.18 bits per heavy atom. The summed E-state index contributed by atoms with van der Waals surface area (Å²) >= 11 is 1.51. The lowest BCUT2D eigenvalue weighted by molar-refractivity contribution is -0.122. The van der Waals surface area contributed by atoms with E-state index in [2.05, 4.69) is 26.1 Å². The Hall–Kier alpha value is -2.34. The molecule has 33 heavy (non-hydrogen) atoms. The number of fused-ring (bicyclic) bond motifs is 1. The minimum Gasteiger partial charge on any atom is -0.481 e. The Morgan fingerprint density at radius 3 is 2.52 bits per heavy atom. The van der Waals surface area contributed by atoms with Gasteiger partial charge in [0.25, 0.3) is 5.91 Å². The quantitative estimate of drug-likeness (QED) is 0.469. The van der Waals surface area contributed by atoms with Crippen LogP contribution in [0.2, 0.25) is 0 Å². The molecule has 1 aromatic heterocycles. The maximum absolute atomic E-state index is 13.2. The average molecular weight is 472 g/mol. The van der Waals surface area contributed by atoms with Crippen LogP contribution in [-0.4, -0.2) is 24.6 Å². The fraction of sp³-hybridized carbons (Fsp3) is 0.556. The lowest BCUT2D eigenvalue weighted by Crippen LogP contribution is -2.32. The summed E-state index contributed by atoms with van der Waals surface area (Å²) in [4.78, 5) is 27.2. The second-order valence-corrected chi connectivity index (χ2v) is 11.1. The van der Waals surface area contributed by atoms with Crippen LogP contribution in [0.1, 0.15) is 79.4 Å². The third-order valence-corrected chi connectivity index (χ3v) is 7.80. The topological polar surface area (TPSA) is 64.6 Å². The zero-order valence-corrected chi connectivity index (χ0v) is 21.8. The van der Waals surface area contributed by atoms with Gasteiger partial charge >= 0.3 is 5.97 Å². The summed E-state index contributed by atoms with van der Waals surface area (Å²) in [6.45, 7) is 14.9. The van der Waals surface area contributed by atoms with E-state index in [1.54, 1.807) is 6.92 Å². The van der Waals surface area contributed by atoms with Crippen LogP contribution in [0, 0.1) is 25.2 Å². The number of thiophene rings is 1. The first-order valence-corrected chi connectivity index (χ1v) is 12.7. The van der Waals surface area contributed by atoms with Gasteiger partial charge in [0.1, 0.15) is 10.8 Å². The number of amides is 1. The summed E-state index contributed by atoms with van der Waals surface area (Å²) in [6, 6.07) is 5.83. The molecular weight excluding hydrogens is 434 g/mol. The monoisotopic (exact) mass is 471 g/mol. The molecule has 0 spiro atoms. The molecule has 2 unspecified atom stereocenters. The largest absolute Gasteiger partial charge is 0.481 e. The Bertz CT molecular complexity index is 1020. The normalized spacial score (nSPS) is 16.6. The van der Waals surface area contributed by atoms with E-state index >= 15 is 0 Å². The summed E-state index contributed by atoms with van der Waals surface area (Å²) in [5.74, 6) is 0.609. The fourth-order valence-electron chi connectivity index (χ4n) is 4.30. The first-order valence-electron chi connectivity index (χ1n) is 11.9. The molecule has 3 rings (SSSR count). The van der Waals surface area contributed by atoms with Gasteiger partial charge in [0, 0.05) is 4.88 Å². The molecule has 1 aliphatic rings. The highest BCUT2D eigenvalue weighted by Crippen LogP contribution is 2.44. The number of hydrogen-bond acceptors (Lipinski definition) is 5. The maximum atomic E-state index is 13.2. The molecule has 1 N–H and O–H groups in total. The van der Waals surface area contributed by atoms with Crippen molar-refractivity contribution in [2.24, 2.45) is 11.3 Å². The molecule has 0 radical (unpaired) electrons. The van der Waals surface area contributed by atoms with Crippen molar-refractivity contribution in [1.82, 2.24) is 0 Å². The molecule has 0 bridgehead atoms. The minimum absolute atomic E-state index is 0.197. The Balaban J connectivity index is 1.86. The van der Waals surface area contributed by atoms with E-state index in [1.807, 2.05) is 39.0 Å². The van der Waals surface area contributed by atoms with Gasteiger partial charge in [-0.05, 0) is 86.6 Å². The first-order chi connectivity index (χ1) is 15.5. The lowest BCUT2D eigenvalue weighted by Gasteiger charge is -2.33. The summed E-state index contributed by atoms with van der Waals surface area (Å²) in [5.41, 5.74) is 4.06. The van der Waals surface area contributed by atoms with Crippen LogP contribution < -0.4 is 10.1 Å². The van der Waals surface area contributed by atoms with Gasteiger partial charge in [0.15, 0.2) is 6.10 Å². The summed E-state index contributed by atoms with van der Waals surface area (Å²) in [5, 5.41) is 3.60. The van der Waals surface area contributed by atoms with E-state index in [9.17, 15) is 9.59 Å². The molecule has 5 nitrogen and oxygen atoms in total. The van der Waals surface area contributed by atoms with Crippen molar-refractivity contribution in [3.8, 4) is 5.75 Å². The van der Waals surface area contributed by atoms with Gasteiger partial charge in [0.2, 0.25) is 0 Å². The molecule has 180 valence electrons. The number of aryl methyl sites for hydroxylation is 2. The molecule has 0 saturated heterocycles. The highest BCUT2D eigenvalue weighted by molar-refractivity contribution is 7.17. The Labute approximate surface area is 201 Å². The number of benzene rings is 1. The average Bonchev–Trinajstić information content (AvgIpc) is 3.10. The number of rotatable bonds is 7. The van der Waals surface area contributed by atoms with Crippen LogP contribution >= 0.6 is 11.3 Å². The highest BCUT2D eigenvalue weighted by Gasteiger charge is 2.35. The maximum Gasteiger partial charge on any atom is 0.341 e. The minimum atomic E-state index is -0.649. The van der Waals surface area contributed by atoms with Crippen molar-refractivity contribution < 1.29 is 19.1 Å². The van der Waals surface area contributed by atoms with Crippen LogP contribution in [0.15, 0.2) is 18.2 Å². The SMILES string of the molecule is CCOC(=O)c1c(NC(=O)C(CC)Oc2ccc(C)c(C)c2)sc2c1CCC(C(C)(C)C)C2. The molecule has 0 saturated carbocycles. The van der Waals surface area contributed by atoms with Crippen molar-refractivity contribution in [2.75, 3.05) is 11.9 Å². The van der Waals surface area contributed by atoms with Gasteiger partial charge in [-0.3, -0.25) is 4.79 Å². The molecule has 1 amide bonds. The molecule has 6 heteroatoms. The molecule has 0 aliphatic heterocycles. The van der Waals surface area contributed by atoms with Crippen molar-refractivity contribution in [2.45, 2.75) is 80.3 Å². The van der Waals surface area contributed by atoms with Crippen LogP contribution in [0.25, 0.3) is 0 Å². The summed E-state index contributed by atoms with van der Waals surface area (Å²) < 4.78 is 11.4. The highest BCUT2D eigenvalue weighted by atomic mass is 32.1. The van der Waals surface area contributed by atoms with Crippen LogP contribution in [0.3, 0.4) is 0 Å². The second kappa shape index (κ2) is 10.3. The molecule has 1 heterocycles. The Morgan fingerprint density at radius 2 is 1.91 bits per heavy atom. The van der Waals surface area contributed by atoms with Crippen LogP contribution in [0.4, 0.5) is 5.00 Å². The zero-order valence-electron chi connectivity index (χ0n) is 21.0. The molecule has 0 fully saturated rings. The lowest BCUT2D eigenvalue weighted by atomic mass is 9.72. The number of carbonyl (C=O) groups excluding carboxylic acids is 2. The number of esters is 1. The third-order valence-electron chi connectivity index (χ3n) is 6.63. The van der Waals surface area contributed by atoms with Crippen molar-refractivity contribution >= 4 is 28.2 Å². The number of hydrogen-bond donors (Lipinski definition) is 1. The number of carbonyl (C=O) groups is 2. The van der Waals surface area contributed by atoms with Crippen LogP contribution in [-0.2, 0) is 22.4 Å². The van der Waals surface area contributed by atoms with Gasteiger partial charge in [-0.25, -0.2) is 4.79 Å². The van der Waals surface area contributed by atoms with Gasteiger partial charge < -0.3 is 14.8 Å². The molecule has 2 atom stereocenters. The fourth-order valence-corrected chi connectivity index (χ4v) is 5.62. The molecule has 2 aromatic rings. The number of ether oxygens (including phenoxy) is 2.